The summed E-state index contributed by atoms with van der Waals surface area (Å²) in [7, 11) is 1.85. The van der Waals surface area contributed by atoms with E-state index in [0.29, 0.717) is 29.4 Å². The Hall–Kier alpha value is -1.90. The van der Waals surface area contributed by atoms with E-state index in [4.69, 9.17) is 16.7 Å². The molecule has 1 fully saturated rings. The second kappa shape index (κ2) is 7.78. The quantitative estimate of drug-likeness (QED) is 0.695. The van der Waals surface area contributed by atoms with Gasteiger partial charge in [0, 0.05) is 32.4 Å². The number of nitrogens with one attached hydrogen (secondary N) is 2. The molecule has 0 spiro atoms. The fourth-order valence-electron chi connectivity index (χ4n) is 2.93. The fourth-order valence-corrected chi connectivity index (χ4v) is 3.09. The van der Waals surface area contributed by atoms with Crippen molar-refractivity contribution < 1.29 is 5.11 Å². The molecule has 2 aromatic heterocycles. The molecule has 0 aromatic carbocycles. The van der Waals surface area contributed by atoms with E-state index in [1.165, 1.54) is 0 Å². The standard InChI is InChI=1S/C15H22ClN7O/c1-22-10-11(7-19-22)20-15-18-9-13(16)14(21-15)17-8-12-3-2-4-23(12)5-6-24/h7,9-10,12,24H,2-6,8H2,1H3,(H2,17,18,20,21)/t12-/m1/s1. The van der Waals surface area contributed by atoms with E-state index in [1.807, 2.05) is 13.2 Å². The number of rotatable bonds is 7. The van der Waals surface area contributed by atoms with E-state index in [2.05, 4.69) is 30.6 Å². The summed E-state index contributed by atoms with van der Waals surface area (Å²) in [5.74, 6) is 1.07. The van der Waals surface area contributed by atoms with Crippen LogP contribution in [-0.2, 0) is 7.05 Å². The highest BCUT2D eigenvalue weighted by Gasteiger charge is 2.23. The van der Waals surface area contributed by atoms with Crippen LogP contribution < -0.4 is 10.6 Å². The van der Waals surface area contributed by atoms with Gasteiger partial charge in [-0.25, -0.2) is 4.98 Å². The van der Waals surface area contributed by atoms with Crippen molar-refractivity contribution in [1.82, 2.24) is 24.6 Å². The lowest BCUT2D eigenvalue weighted by atomic mass is 10.2. The molecule has 2 aromatic rings. The molecular formula is C15H22ClN7O. The van der Waals surface area contributed by atoms with Gasteiger partial charge in [-0.2, -0.15) is 10.1 Å². The molecular weight excluding hydrogens is 330 g/mol. The van der Waals surface area contributed by atoms with E-state index < -0.39 is 0 Å². The summed E-state index contributed by atoms with van der Waals surface area (Å²) in [6.45, 7) is 2.66. The van der Waals surface area contributed by atoms with Crippen molar-refractivity contribution in [2.75, 3.05) is 36.9 Å². The van der Waals surface area contributed by atoms with Crippen LogP contribution in [0.4, 0.5) is 17.5 Å². The van der Waals surface area contributed by atoms with Crippen LogP contribution in [0.3, 0.4) is 0 Å². The maximum Gasteiger partial charge on any atom is 0.229 e. The second-order valence-corrected chi connectivity index (χ2v) is 6.26. The molecule has 1 saturated heterocycles. The van der Waals surface area contributed by atoms with Crippen molar-refractivity contribution in [3.63, 3.8) is 0 Å². The third-order valence-corrected chi connectivity index (χ3v) is 4.37. The van der Waals surface area contributed by atoms with Gasteiger partial charge in [0.15, 0.2) is 5.82 Å². The van der Waals surface area contributed by atoms with Crippen LogP contribution in [0.5, 0.6) is 0 Å². The minimum absolute atomic E-state index is 0.184. The number of likely N-dealkylation sites (tertiary alicyclic amines) is 1. The molecule has 24 heavy (non-hydrogen) atoms. The number of β-amino-alcohol motifs (C(OH)–C–C–N with tert-alkyl or cyclic N) is 1. The molecule has 1 aliphatic rings. The van der Waals surface area contributed by atoms with Crippen LogP contribution in [0, 0.1) is 0 Å². The SMILES string of the molecule is Cn1cc(Nc2ncc(Cl)c(NC[C@H]3CCCN3CCO)n2)cn1. The summed E-state index contributed by atoms with van der Waals surface area (Å²) in [6, 6.07) is 0.387. The van der Waals surface area contributed by atoms with E-state index >= 15 is 0 Å². The van der Waals surface area contributed by atoms with Crippen molar-refractivity contribution in [3.05, 3.63) is 23.6 Å². The first-order valence-electron chi connectivity index (χ1n) is 8.02. The molecule has 130 valence electrons. The molecule has 3 N–H and O–H groups in total. The highest BCUT2D eigenvalue weighted by atomic mass is 35.5. The lowest BCUT2D eigenvalue weighted by Crippen LogP contribution is -2.36. The van der Waals surface area contributed by atoms with Gasteiger partial charge >= 0.3 is 0 Å². The first kappa shape index (κ1) is 16.9. The Morgan fingerprint density at radius 1 is 1.42 bits per heavy atom. The van der Waals surface area contributed by atoms with Crippen molar-refractivity contribution in [2.24, 2.45) is 7.05 Å². The topological polar surface area (TPSA) is 91.1 Å². The first-order valence-corrected chi connectivity index (χ1v) is 8.40. The molecule has 0 unspecified atom stereocenters. The molecule has 9 heteroatoms. The minimum Gasteiger partial charge on any atom is -0.395 e. The van der Waals surface area contributed by atoms with Crippen LogP contribution in [0.15, 0.2) is 18.6 Å². The summed E-state index contributed by atoms with van der Waals surface area (Å²) >= 11 is 6.20. The van der Waals surface area contributed by atoms with E-state index in [1.54, 1.807) is 17.1 Å². The highest BCUT2D eigenvalue weighted by Crippen LogP contribution is 2.23. The van der Waals surface area contributed by atoms with Gasteiger partial charge in [0.2, 0.25) is 5.95 Å². The van der Waals surface area contributed by atoms with Crippen molar-refractivity contribution in [1.29, 1.82) is 0 Å². The number of aromatic nitrogens is 4. The van der Waals surface area contributed by atoms with Crippen molar-refractivity contribution in [3.8, 4) is 0 Å². The maximum absolute atomic E-state index is 9.13. The number of anilines is 3. The molecule has 3 heterocycles. The Kier molecular flexibility index (Phi) is 5.49. The van der Waals surface area contributed by atoms with Crippen LogP contribution in [0.1, 0.15) is 12.8 Å². The summed E-state index contributed by atoms with van der Waals surface area (Å²) in [5, 5.41) is 20.1. The number of aryl methyl sites for hydroxylation is 1. The molecule has 3 rings (SSSR count). The number of nitrogens with zero attached hydrogens (tertiary/aromatic N) is 5. The maximum atomic E-state index is 9.13. The zero-order valence-electron chi connectivity index (χ0n) is 13.6. The number of halogens is 1. The highest BCUT2D eigenvalue weighted by molar-refractivity contribution is 6.32. The second-order valence-electron chi connectivity index (χ2n) is 5.85. The smallest absolute Gasteiger partial charge is 0.229 e. The summed E-state index contributed by atoms with van der Waals surface area (Å²) in [5.41, 5.74) is 0.815. The molecule has 1 atom stereocenters. The molecule has 8 nitrogen and oxygen atoms in total. The zero-order chi connectivity index (χ0) is 16.9. The van der Waals surface area contributed by atoms with Crippen LogP contribution in [0.25, 0.3) is 0 Å². The lowest BCUT2D eigenvalue weighted by molar-refractivity contribution is 0.189. The number of aliphatic hydroxyl groups excluding tert-OH is 1. The average Bonchev–Trinajstić information content (AvgIpc) is 3.17. The van der Waals surface area contributed by atoms with Crippen molar-refractivity contribution >= 4 is 29.1 Å². The van der Waals surface area contributed by atoms with E-state index in [-0.39, 0.29) is 6.61 Å². The van der Waals surface area contributed by atoms with E-state index in [9.17, 15) is 0 Å². The molecule has 0 radical (unpaired) electrons. The van der Waals surface area contributed by atoms with Gasteiger partial charge < -0.3 is 15.7 Å². The number of aliphatic hydroxyl groups is 1. The van der Waals surface area contributed by atoms with Crippen LogP contribution in [0.2, 0.25) is 5.02 Å². The molecule has 0 saturated carbocycles. The van der Waals surface area contributed by atoms with Crippen LogP contribution >= 0.6 is 11.6 Å². The normalized spacial score (nSPS) is 18.0. The number of hydrogen-bond acceptors (Lipinski definition) is 7. The fraction of sp³-hybridized carbons (Fsp3) is 0.533. The predicted octanol–water partition coefficient (Wildman–Crippen LogP) is 1.48. The average molecular weight is 352 g/mol. The summed E-state index contributed by atoms with van der Waals surface area (Å²) in [4.78, 5) is 10.9. The van der Waals surface area contributed by atoms with E-state index in [0.717, 1.165) is 31.6 Å². The molecule has 0 aliphatic carbocycles. The van der Waals surface area contributed by atoms with Gasteiger partial charge in [0.25, 0.3) is 0 Å². The van der Waals surface area contributed by atoms with Gasteiger partial charge in [-0.1, -0.05) is 11.6 Å². The van der Waals surface area contributed by atoms with Gasteiger partial charge in [-0.05, 0) is 19.4 Å². The van der Waals surface area contributed by atoms with Gasteiger partial charge in [0.1, 0.15) is 5.02 Å². The Bertz CT molecular complexity index is 678. The first-order chi connectivity index (χ1) is 11.7. The Morgan fingerprint density at radius 3 is 3.04 bits per heavy atom. The van der Waals surface area contributed by atoms with Gasteiger partial charge in [0.05, 0.1) is 24.7 Å². The number of hydrogen-bond donors (Lipinski definition) is 3. The largest absolute Gasteiger partial charge is 0.395 e. The molecule has 0 amide bonds. The van der Waals surface area contributed by atoms with Crippen LogP contribution in [-0.4, -0.2) is 62.0 Å². The Balaban J connectivity index is 1.63. The third kappa shape index (κ3) is 4.14. The Labute approximate surface area is 145 Å². The third-order valence-electron chi connectivity index (χ3n) is 4.10. The van der Waals surface area contributed by atoms with Crippen molar-refractivity contribution in [2.45, 2.75) is 18.9 Å². The summed E-state index contributed by atoms with van der Waals surface area (Å²) in [6.07, 6.45) is 7.39. The minimum atomic E-state index is 0.184. The predicted molar refractivity (Wildman–Crippen MR) is 93.7 cm³/mol. The molecule has 1 aliphatic heterocycles. The van der Waals surface area contributed by atoms with Gasteiger partial charge in [-0.3, -0.25) is 9.58 Å². The Morgan fingerprint density at radius 2 is 2.29 bits per heavy atom. The zero-order valence-corrected chi connectivity index (χ0v) is 14.4. The van der Waals surface area contributed by atoms with Gasteiger partial charge in [-0.15, -0.1) is 0 Å². The lowest BCUT2D eigenvalue weighted by Gasteiger charge is -2.24. The monoisotopic (exact) mass is 351 g/mol. The summed E-state index contributed by atoms with van der Waals surface area (Å²) < 4.78 is 1.70. The molecule has 0 bridgehead atoms.